The van der Waals surface area contributed by atoms with Gasteiger partial charge < -0.3 is 9.30 Å². The molecule has 0 aliphatic heterocycles. The Morgan fingerprint density at radius 1 is 1.37 bits per heavy atom. The second-order valence-corrected chi connectivity index (χ2v) is 6.10. The Hall–Kier alpha value is -3.39. The summed E-state index contributed by atoms with van der Waals surface area (Å²) in [6.07, 6.45) is 3.43. The number of fused-ring (bicyclic) bond motifs is 1. The minimum Gasteiger partial charge on any atom is -0.477 e. The first kappa shape index (κ1) is 18.4. The van der Waals surface area contributed by atoms with Gasteiger partial charge in [-0.25, -0.2) is 5.43 Å². The number of nitrogens with zero attached hydrogens (tertiary/aromatic N) is 3. The maximum Gasteiger partial charge on any atom is 0.312 e. The third-order valence-corrected chi connectivity index (χ3v) is 4.03. The maximum absolute atomic E-state index is 11.9. The summed E-state index contributed by atoms with van der Waals surface area (Å²) in [6, 6.07) is 11.8. The number of hydrogen-bond acceptors (Lipinski definition) is 5. The molecular weight excluding hydrogens is 372 g/mol. The van der Waals surface area contributed by atoms with E-state index in [2.05, 4.69) is 10.5 Å². The molecule has 0 saturated carbocycles. The van der Waals surface area contributed by atoms with Crippen molar-refractivity contribution in [2.45, 2.75) is 0 Å². The molecule has 1 heterocycles. The SMILES string of the molecule is Cn1cc(/C=N/NC(=O)COc2ccc(Cl)cc2[N+](=O)[O-])c2ccccc21. The van der Waals surface area contributed by atoms with E-state index in [1.54, 1.807) is 0 Å². The lowest BCUT2D eigenvalue weighted by atomic mass is 10.2. The van der Waals surface area contributed by atoms with Crippen molar-refractivity contribution in [3.8, 4) is 5.75 Å². The van der Waals surface area contributed by atoms with Crippen LogP contribution in [0, 0.1) is 10.1 Å². The molecule has 9 heteroatoms. The van der Waals surface area contributed by atoms with E-state index < -0.39 is 17.4 Å². The quantitative estimate of drug-likeness (QED) is 0.399. The normalized spacial score (nSPS) is 11.0. The van der Waals surface area contributed by atoms with Crippen molar-refractivity contribution in [3.63, 3.8) is 0 Å². The van der Waals surface area contributed by atoms with E-state index in [1.165, 1.54) is 18.3 Å². The maximum atomic E-state index is 11.9. The van der Waals surface area contributed by atoms with Crippen LogP contribution in [0.4, 0.5) is 5.69 Å². The number of carbonyl (C=O) groups excluding carboxylic acids is 1. The number of amides is 1. The Bertz CT molecular complexity index is 1050. The second kappa shape index (κ2) is 7.88. The van der Waals surface area contributed by atoms with Crippen LogP contribution in [0.2, 0.25) is 5.02 Å². The number of hydrogen-bond donors (Lipinski definition) is 1. The highest BCUT2D eigenvalue weighted by Crippen LogP contribution is 2.29. The van der Waals surface area contributed by atoms with Gasteiger partial charge in [0, 0.05) is 40.8 Å². The Balaban J connectivity index is 1.62. The average Bonchev–Trinajstić information content (AvgIpc) is 2.97. The monoisotopic (exact) mass is 386 g/mol. The van der Waals surface area contributed by atoms with Gasteiger partial charge in [0.25, 0.3) is 5.91 Å². The fourth-order valence-electron chi connectivity index (χ4n) is 2.58. The lowest BCUT2D eigenvalue weighted by Crippen LogP contribution is -2.24. The zero-order chi connectivity index (χ0) is 19.4. The second-order valence-electron chi connectivity index (χ2n) is 5.66. The molecule has 1 aromatic heterocycles. The van der Waals surface area contributed by atoms with Crippen LogP contribution in [0.15, 0.2) is 53.8 Å². The van der Waals surface area contributed by atoms with Crippen LogP contribution < -0.4 is 10.2 Å². The van der Waals surface area contributed by atoms with E-state index in [0.717, 1.165) is 22.5 Å². The van der Waals surface area contributed by atoms with Crippen LogP contribution in [0.1, 0.15) is 5.56 Å². The standard InChI is InChI=1S/C18H15ClN4O4/c1-22-10-12(14-4-2-3-5-15(14)22)9-20-21-18(24)11-27-17-7-6-13(19)8-16(17)23(25)26/h2-10H,11H2,1H3,(H,21,24)/b20-9+. The zero-order valence-electron chi connectivity index (χ0n) is 14.3. The van der Waals surface area contributed by atoms with Crippen molar-refractivity contribution < 1.29 is 14.5 Å². The number of nitrogens with one attached hydrogen (secondary N) is 1. The number of halogens is 1. The third-order valence-electron chi connectivity index (χ3n) is 3.80. The van der Waals surface area contributed by atoms with Crippen molar-refractivity contribution in [2.75, 3.05) is 6.61 Å². The lowest BCUT2D eigenvalue weighted by molar-refractivity contribution is -0.385. The summed E-state index contributed by atoms with van der Waals surface area (Å²) in [6.45, 7) is -0.421. The van der Waals surface area contributed by atoms with E-state index in [1.807, 2.05) is 42.1 Å². The fraction of sp³-hybridized carbons (Fsp3) is 0.111. The molecule has 3 rings (SSSR count). The minimum atomic E-state index is -0.627. The largest absolute Gasteiger partial charge is 0.477 e. The lowest BCUT2D eigenvalue weighted by Gasteiger charge is -2.05. The van der Waals surface area contributed by atoms with Crippen molar-refractivity contribution in [3.05, 3.63) is 69.4 Å². The molecule has 1 N–H and O–H groups in total. The van der Waals surface area contributed by atoms with Gasteiger partial charge in [-0.1, -0.05) is 29.8 Å². The van der Waals surface area contributed by atoms with E-state index in [9.17, 15) is 14.9 Å². The summed E-state index contributed by atoms with van der Waals surface area (Å²) in [5, 5.41) is 16.1. The highest BCUT2D eigenvalue weighted by molar-refractivity contribution is 6.30. The van der Waals surface area contributed by atoms with Crippen LogP contribution in [-0.2, 0) is 11.8 Å². The van der Waals surface area contributed by atoms with Gasteiger partial charge in [-0.3, -0.25) is 14.9 Å². The summed E-state index contributed by atoms with van der Waals surface area (Å²) < 4.78 is 7.16. The van der Waals surface area contributed by atoms with Crippen LogP contribution in [0.3, 0.4) is 0 Å². The number of carbonyl (C=O) groups is 1. The molecule has 0 radical (unpaired) electrons. The molecule has 138 valence electrons. The van der Waals surface area contributed by atoms with E-state index >= 15 is 0 Å². The first-order chi connectivity index (χ1) is 13.0. The van der Waals surface area contributed by atoms with Crippen molar-refractivity contribution in [2.24, 2.45) is 12.1 Å². The van der Waals surface area contributed by atoms with E-state index in [0.29, 0.717) is 0 Å². The van der Waals surface area contributed by atoms with Crippen molar-refractivity contribution >= 4 is 40.3 Å². The third kappa shape index (κ3) is 4.24. The Labute approximate surface area is 159 Å². The number of para-hydroxylation sites is 1. The molecule has 1 amide bonds. The molecule has 0 aliphatic rings. The molecule has 0 saturated heterocycles. The Kier molecular flexibility index (Phi) is 5.37. The van der Waals surface area contributed by atoms with Crippen LogP contribution in [-0.4, -0.2) is 28.2 Å². The van der Waals surface area contributed by atoms with E-state index in [-0.39, 0.29) is 16.5 Å². The van der Waals surface area contributed by atoms with Crippen LogP contribution in [0.5, 0.6) is 5.75 Å². The number of aryl methyl sites for hydroxylation is 1. The molecule has 3 aromatic rings. The molecule has 8 nitrogen and oxygen atoms in total. The number of nitro benzene ring substituents is 1. The molecule has 27 heavy (non-hydrogen) atoms. The molecular formula is C18H15ClN4O4. The number of hydrazone groups is 1. The molecule has 0 aliphatic carbocycles. The Morgan fingerprint density at radius 3 is 2.93 bits per heavy atom. The topological polar surface area (TPSA) is 98.8 Å². The van der Waals surface area contributed by atoms with Crippen LogP contribution >= 0.6 is 11.6 Å². The summed E-state index contributed by atoms with van der Waals surface area (Å²) in [5.41, 5.74) is 3.92. The molecule has 2 aromatic carbocycles. The van der Waals surface area contributed by atoms with Crippen molar-refractivity contribution in [1.29, 1.82) is 0 Å². The van der Waals surface area contributed by atoms with Crippen LogP contribution in [0.25, 0.3) is 10.9 Å². The van der Waals surface area contributed by atoms with Gasteiger partial charge in [0.1, 0.15) is 0 Å². The fourth-order valence-corrected chi connectivity index (χ4v) is 2.75. The van der Waals surface area contributed by atoms with Gasteiger partial charge in [0.2, 0.25) is 0 Å². The summed E-state index contributed by atoms with van der Waals surface area (Å²) in [5.74, 6) is -0.590. The number of ether oxygens (including phenoxy) is 1. The molecule has 0 atom stereocenters. The summed E-state index contributed by atoms with van der Waals surface area (Å²) in [7, 11) is 1.92. The van der Waals surface area contributed by atoms with Gasteiger partial charge in [0.15, 0.2) is 12.4 Å². The molecule has 0 fully saturated rings. The number of rotatable bonds is 6. The predicted molar refractivity (Wildman–Crippen MR) is 102 cm³/mol. The van der Waals surface area contributed by atoms with Gasteiger partial charge >= 0.3 is 5.69 Å². The number of nitro groups is 1. The smallest absolute Gasteiger partial charge is 0.312 e. The van der Waals surface area contributed by atoms with Gasteiger partial charge in [-0.05, 0) is 18.2 Å². The molecule has 0 spiro atoms. The number of benzene rings is 2. The Morgan fingerprint density at radius 2 is 2.15 bits per heavy atom. The van der Waals surface area contributed by atoms with Gasteiger partial charge in [0.05, 0.1) is 11.1 Å². The predicted octanol–water partition coefficient (Wildman–Crippen LogP) is 3.27. The summed E-state index contributed by atoms with van der Waals surface area (Å²) >= 11 is 5.73. The molecule has 0 unspecified atom stereocenters. The first-order valence-corrected chi connectivity index (χ1v) is 8.26. The zero-order valence-corrected chi connectivity index (χ0v) is 15.0. The van der Waals surface area contributed by atoms with Crippen molar-refractivity contribution in [1.82, 2.24) is 9.99 Å². The highest BCUT2D eigenvalue weighted by Gasteiger charge is 2.16. The first-order valence-electron chi connectivity index (χ1n) is 7.88. The minimum absolute atomic E-state index is 0.0439. The average molecular weight is 387 g/mol. The van der Waals surface area contributed by atoms with E-state index in [4.69, 9.17) is 16.3 Å². The molecule has 0 bridgehead atoms. The van der Waals surface area contributed by atoms with Gasteiger partial charge in [-0.15, -0.1) is 0 Å². The summed E-state index contributed by atoms with van der Waals surface area (Å²) in [4.78, 5) is 22.2. The highest BCUT2D eigenvalue weighted by atomic mass is 35.5. The number of aromatic nitrogens is 1. The van der Waals surface area contributed by atoms with Gasteiger partial charge in [-0.2, -0.15) is 5.10 Å².